The summed E-state index contributed by atoms with van der Waals surface area (Å²) in [4.78, 5) is 15.3. The zero-order valence-electron chi connectivity index (χ0n) is 17.1. The van der Waals surface area contributed by atoms with Gasteiger partial charge in [-0.1, -0.05) is 6.07 Å². The van der Waals surface area contributed by atoms with Crippen molar-refractivity contribution in [1.82, 2.24) is 19.5 Å². The third kappa shape index (κ3) is 4.61. The van der Waals surface area contributed by atoms with Gasteiger partial charge in [-0.05, 0) is 49.4 Å². The summed E-state index contributed by atoms with van der Waals surface area (Å²) in [5.41, 5.74) is 3.44. The van der Waals surface area contributed by atoms with Crippen LogP contribution in [0.15, 0.2) is 59.6 Å². The second kappa shape index (κ2) is 8.50. The Balaban J connectivity index is 0.00000272. The highest BCUT2D eigenvalue weighted by Gasteiger charge is 2.12. The number of halogens is 1. The van der Waals surface area contributed by atoms with E-state index in [1.54, 1.807) is 24.4 Å². The van der Waals surface area contributed by atoms with E-state index in [9.17, 15) is 8.42 Å². The largest absolute Gasteiger partial charge is 0.331 e. The molecule has 0 bridgehead atoms. The zero-order valence-corrected chi connectivity index (χ0v) is 18.8. The Morgan fingerprint density at radius 3 is 2.61 bits per heavy atom. The van der Waals surface area contributed by atoms with E-state index < -0.39 is 10.0 Å². The number of nitrogens with two attached hydrogens (primary N) is 1. The van der Waals surface area contributed by atoms with Gasteiger partial charge in [-0.25, -0.2) is 23.5 Å². The van der Waals surface area contributed by atoms with Crippen molar-refractivity contribution in [3.8, 4) is 0 Å². The van der Waals surface area contributed by atoms with Crippen LogP contribution in [0.3, 0.4) is 0 Å². The molecule has 2 heterocycles. The van der Waals surface area contributed by atoms with Gasteiger partial charge in [0.2, 0.25) is 16.0 Å². The van der Waals surface area contributed by atoms with Crippen LogP contribution >= 0.6 is 12.4 Å². The van der Waals surface area contributed by atoms with Crippen LogP contribution in [-0.2, 0) is 17.1 Å². The van der Waals surface area contributed by atoms with Crippen LogP contribution in [0.1, 0.15) is 5.82 Å². The van der Waals surface area contributed by atoms with Crippen LogP contribution < -0.4 is 15.4 Å². The molecule has 3 N–H and O–H groups in total. The normalized spacial score (nSPS) is 11.2. The van der Waals surface area contributed by atoms with Crippen molar-refractivity contribution in [1.29, 1.82) is 0 Å². The summed E-state index contributed by atoms with van der Waals surface area (Å²) in [6, 6.07) is 14.0. The number of benzene rings is 2. The molecule has 31 heavy (non-hydrogen) atoms. The molecule has 0 radical (unpaired) electrons. The molecule has 0 saturated heterocycles. The molecule has 9 nitrogen and oxygen atoms in total. The number of fused-ring (bicyclic) bond motifs is 1. The minimum atomic E-state index is -3.79. The second-order valence-corrected chi connectivity index (χ2v) is 8.45. The third-order valence-corrected chi connectivity index (χ3v) is 5.79. The lowest BCUT2D eigenvalue weighted by Gasteiger charge is -2.19. The first-order valence-corrected chi connectivity index (χ1v) is 10.7. The van der Waals surface area contributed by atoms with Gasteiger partial charge >= 0.3 is 0 Å². The molecular weight excluding hydrogens is 438 g/mol. The molecule has 2 aromatic heterocycles. The highest BCUT2D eigenvalue weighted by Crippen LogP contribution is 2.27. The highest BCUT2D eigenvalue weighted by molar-refractivity contribution is 7.89. The van der Waals surface area contributed by atoms with Crippen molar-refractivity contribution in [3.63, 3.8) is 0 Å². The molecule has 11 heteroatoms. The fourth-order valence-electron chi connectivity index (χ4n) is 3.12. The summed E-state index contributed by atoms with van der Waals surface area (Å²) in [5.74, 6) is 1.96. The fourth-order valence-corrected chi connectivity index (χ4v) is 3.68. The molecule has 2 aromatic carbocycles. The monoisotopic (exact) mass is 459 g/mol. The van der Waals surface area contributed by atoms with Crippen molar-refractivity contribution in [2.24, 2.45) is 12.2 Å². The first-order valence-electron chi connectivity index (χ1n) is 9.12. The van der Waals surface area contributed by atoms with E-state index >= 15 is 0 Å². The number of rotatable bonds is 5. The molecule has 0 fully saturated rings. The molecular formula is C20H22ClN7O2S. The molecule has 4 rings (SSSR count). The number of imidazole rings is 1. The number of hydrogen-bond acceptors (Lipinski definition) is 7. The van der Waals surface area contributed by atoms with Crippen LogP contribution in [0, 0.1) is 6.92 Å². The molecule has 0 aliphatic heterocycles. The number of sulfonamides is 1. The lowest BCUT2D eigenvalue weighted by molar-refractivity contribution is 0.598. The smallest absolute Gasteiger partial charge is 0.238 e. The quantitative estimate of drug-likeness (QED) is 0.470. The van der Waals surface area contributed by atoms with Gasteiger partial charge in [0.15, 0.2) is 0 Å². The lowest BCUT2D eigenvalue weighted by atomic mass is 10.2. The van der Waals surface area contributed by atoms with E-state index in [1.165, 1.54) is 12.1 Å². The summed E-state index contributed by atoms with van der Waals surface area (Å²) >= 11 is 0. The van der Waals surface area contributed by atoms with Gasteiger partial charge in [-0.3, -0.25) is 0 Å². The number of aromatic nitrogens is 4. The van der Waals surface area contributed by atoms with Gasteiger partial charge in [0.25, 0.3) is 0 Å². The van der Waals surface area contributed by atoms with Gasteiger partial charge in [-0.2, -0.15) is 4.98 Å². The number of anilines is 4. The summed E-state index contributed by atoms with van der Waals surface area (Å²) in [7, 11) is 0.107. The Labute approximate surface area is 186 Å². The van der Waals surface area contributed by atoms with E-state index in [2.05, 4.69) is 26.3 Å². The molecule has 0 saturated carbocycles. The Kier molecular flexibility index (Phi) is 6.16. The van der Waals surface area contributed by atoms with E-state index in [4.69, 9.17) is 5.14 Å². The second-order valence-electron chi connectivity index (χ2n) is 6.89. The number of primary sulfonamides is 1. The van der Waals surface area contributed by atoms with Gasteiger partial charge < -0.3 is 14.8 Å². The zero-order chi connectivity index (χ0) is 21.5. The van der Waals surface area contributed by atoms with E-state index in [-0.39, 0.29) is 17.3 Å². The van der Waals surface area contributed by atoms with Crippen LogP contribution in [0.2, 0.25) is 0 Å². The van der Waals surface area contributed by atoms with E-state index in [1.807, 2.05) is 42.6 Å². The molecule has 0 spiro atoms. The molecule has 0 aliphatic carbocycles. The maximum atomic E-state index is 11.6. The average molecular weight is 460 g/mol. The van der Waals surface area contributed by atoms with Crippen molar-refractivity contribution in [2.45, 2.75) is 11.8 Å². The standard InChI is InChI=1S/C20H21N7O2S.ClH/c1-13-23-17-8-7-15(12-18(17)26(13)2)27(3)19-9-10-22-20(25-19)24-14-5-4-6-16(11-14)30(21,28)29;/h4-12H,1-3H3,(H2,21,28,29)(H,22,24,25);1H. The highest BCUT2D eigenvalue weighted by atomic mass is 35.5. The fraction of sp³-hybridized carbons (Fsp3) is 0.150. The Hall–Kier alpha value is -3.21. The lowest BCUT2D eigenvalue weighted by Crippen LogP contribution is -2.13. The number of nitrogens with one attached hydrogen (secondary N) is 1. The van der Waals surface area contributed by atoms with Crippen molar-refractivity contribution >= 4 is 56.6 Å². The molecule has 0 atom stereocenters. The Morgan fingerprint density at radius 1 is 1.10 bits per heavy atom. The summed E-state index contributed by atoms with van der Waals surface area (Å²) in [6.45, 7) is 1.97. The third-order valence-electron chi connectivity index (χ3n) is 4.88. The molecule has 162 valence electrons. The minimum Gasteiger partial charge on any atom is -0.331 e. The number of nitrogens with zero attached hydrogens (tertiary/aromatic N) is 5. The number of aryl methyl sites for hydroxylation is 2. The Bertz CT molecular complexity index is 1350. The minimum absolute atomic E-state index is 0. The van der Waals surface area contributed by atoms with Crippen LogP contribution in [0.4, 0.5) is 23.1 Å². The molecule has 0 unspecified atom stereocenters. The van der Waals surface area contributed by atoms with Gasteiger partial charge in [0, 0.05) is 31.7 Å². The predicted octanol–water partition coefficient (Wildman–Crippen LogP) is 3.25. The van der Waals surface area contributed by atoms with Crippen molar-refractivity contribution in [2.75, 3.05) is 17.3 Å². The maximum absolute atomic E-state index is 11.6. The first-order chi connectivity index (χ1) is 14.2. The van der Waals surface area contributed by atoms with Gasteiger partial charge in [0.05, 0.1) is 15.9 Å². The van der Waals surface area contributed by atoms with Crippen molar-refractivity contribution < 1.29 is 8.42 Å². The van der Waals surface area contributed by atoms with E-state index in [0.29, 0.717) is 17.5 Å². The topological polar surface area (TPSA) is 119 Å². The first kappa shape index (κ1) is 22.5. The maximum Gasteiger partial charge on any atom is 0.238 e. The molecule has 0 amide bonds. The van der Waals surface area contributed by atoms with Crippen LogP contribution in [0.5, 0.6) is 0 Å². The number of hydrogen-bond donors (Lipinski definition) is 2. The van der Waals surface area contributed by atoms with Gasteiger partial charge in [0.1, 0.15) is 11.6 Å². The Morgan fingerprint density at radius 2 is 1.87 bits per heavy atom. The summed E-state index contributed by atoms with van der Waals surface area (Å²) in [6.07, 6.45) is 1.64. The predicted molar refractivity (Wildman–Crippen MR) is 124 cm³/mol. The molecule has 4 aromatic rings. The SMILES string of the molecule is Cc1nc2ccc(N(C)c3ccnc(Nc4cccc(S(N)(=O)=O)c4)n3)cc2n1C.Cl. The summed E-state index contributed by atoms with van der Waals surface area (Å²) < 4.78 is 25.2. The van der Waals surface area contributed by atoms with Crippen molar-refractivity contribution in [3.05, 3.63) is 60.6 Å². The van der Waals surface area contributed by atoms with Crippen LogP contribution in [-0.4, -0.2) is 35.0 Å². The van der Waals surface area contributed by atoms with E-state index in [0.717, 1.165) is 22.5 Å². The van der Waals surface area contributed by atoms with Gasteiger partial charge in [-0.15, -0.1) is 12.4 Å². The van der Waals surface area contributed by atoms with Crippen LogP contribution in [0.25, 0.3) is 11.0 Å². The summed E-state index contributed by atoms with van der Waals surface area (Å²) in [5, 5.41) is 8.22. The molecule has 0 aliphatic rings. The average Bonchev–Trinajstić information content (AvgIpc) is 3.00.